The Balaban J connectivity index is 0.00000109. The van der Waals surface area contributed by atoms with Crippen molar-refractivity contribution in [2.75, 3.05) is 19.3 Å². The van der Waals surface area contributed by atoms with Crippen LogP contribution in [0.3, 0.4) is 0 Å². The van der Waals surface area contributed by atoms with Crippen LogP contribution in [0.4, 0.5) is 14.7 Å². The van der Waals surface area contributed by atoms with Crippen molar-refractivity contribution in [1.82, 2.24) is 34.3 Å². The molecule has 3 aromatic heterocycles. The van der Waals surface area contributed by atoms with Gasteiger partial charge in [-0.3, -0.25) is 9.48 Å². The van der Waals surface area contributed by atoms with Gasteiger partial charge >= 0.3 is 0 Å². The van der Waals surface area contributed by atoms with E-state index in [4.69, 9.17) is 5.73 Å². The lowest BCUT2D eigenvalue weighted by Crippen LogP contribution is -2.27. The lowest BCUT2D eigenvalue weighted by Gasteiger charge is -2.15. The molecule has 0 bridgehead atoms. The van der Waals surface area contributed by atoms with Gasteiger partial charge in [-0.2, -0.15) is 9.61 Å². The first-order valence-corrected chi connectivity index (χ1v) is 11.0. The lowest BCUT2D eigenvalue weighted by molar-refractivity contribution is 0.0792. The number of nitrogen functional groups attached to an aromatic ring is 1. The van der Waals surface area contributed by atoms with E-state index >= 15 is 0 Å². The highest BCUT2D eigenvalue weighted by atomic mass is 19.1. The Bertz CT molecular complexity index is 1380. The van der Waals surface area contributed by atoms with E-state index in [-0.39, 0.29) is 34.4 Å². The predicted molar refractivity (Wildman–Crippen MR) is 135 cm³/mol. The van der Waals surface area contributed by atoms with E-state index in [1.807, 2.05) is 13.8 Å². The molecule has 0 saturated heterocycles. The maximum Gasteiger partial charge on any atom is 0.256 e. The van der Waals surface area contributed by atoms with E-state index in [1.165, 1.54) is 10.6 Å². The van der Waals surface area contributed by atoms with Crippen LogP contribution in [0.2, 0.25) is 0 Å². The number of aryl methyl sites for hydroxylation is 1. The van der Waals surface area contributed by atoms with Crippen molar-refractivity contribution in [2.45, 2.75) is 39.2 Å². The summed E-state index contributed by atoms with van der Waals surface area (Å²) in [5, 5.41) is 8.74. The second-order valence-corrected chi connectivity index (χ2v) is 8.00. The molecule has 0 unspecified atom stereocenters. The van der Waals surface area contributed by atoms with Crippen LogP contribution < -0.4 is 5.73 Å². The highest BCUT2D eigenvalue weighted by Gasteiger charge is 2.17. The molecule has 36 heavy (non-hydrogen) atoms. The fourth-order valence-electron chi connectivity index (χ4n) is 3.49. The average Bonchev–Trinajstić information content (AvgIpc) is 3.53. The lowest BCUT2D eigenvalue weighted by atomic mass is 10.2. The molecular weight excluding hydrogens is 466 g/mol. The fraction of sp³-hybridized carbons (Fsp3) is 0.320. The van der Waals surface area contributed by atoms with E-state index in [1.54, 1.807) is 29.0 Å². The molecule has 0 fully saturated rings. The number of halogens is 2. The highest BCUT2D eigenvalue weighted by molar-refractivity contribution is 5.93. The topological polar surface area (TPSA) is 107 Å². The average molecular weight is 495 g/mol. The summed E-state index contributed by atoms with van der Waals surface area (Å²) in [6.07, 6.45) is 21.3. The van der Waals surface area contributed by atoms with Crippen molar-refractivity contribution in [3.63, 3.8) is 0 Å². The molecule has 0 spiro atoms. The van der Waals surface area contributed by atoms with Crippen molar-refractivity contribution in [3.8, 4) is 25.7 Å². The normalized spacial score (nSPS) is 10.5. The third-order valence-corrected chi connectivity index (χ3v) is 5.23. The minimum Gasteiger partial charge on any atom is -0.368 e. The van der Waals surface area contributed by atoms with Crippen LogP contribution in [0.15, 0.2) is 24.5 Å². The number of nitrogens with two attached hydrogens (primary N) is 1. The number of terminal acetylenes is 2. The molecule has 1 amide bonds. The molecule has 4 rings (SSSR count). The molecule has 4 aromatic rings. The first kappa shape index (κ1) is 27.7. The Hall–Kier alpha value is -4.51. The van der Waals surface area contributed by atoms with Crippen molar-refractivity contribution in [3.05, 3.63) is 47.5 Å². The first-order chi connectivity index (χ1) is 17.2. The molecule has 0 aliphatic carbocycles. The summed E-state index contributed by atoms with van der Waals surface area (Å²) < 4.78 is 30.8. The van der Waals surface area contributed by atoms with Gasteiger partial charge in [0.1, 0.15) is 11.3 Å². The Morgan fingerprint density at radius 2 is 1.83 bits per heavy atom. The number of carbonyl (C=O) groups is 1. The summed E-state index contributed by atoms with van der Waals surface area (Å²) in [5.74, 6) is -1.14. The summed E-state index contributed by atoms with van der Waals surface area (Å²) in [7, 11) is 1.75. The minimum atomic E-state index is -0.801. The van der Waals surface area contributed by atoms with Crippen LogP contribution in [0, 0.1) is 37.3 Å². The van der Waals surface area contributed by atoms with Gasteiger partial charge in [0.25, 0.3) is 5.91 Å². The third kappa shape index (κ3) is 5.94. The van der Waals surface area contributed by atoms with Gasteiger partial charge in [0.05, 0.1) is 17.1 Å². The van der Waals surface area contributed by atoms with Gasteiger partial charge in [-0.25, -0.2) is 18.7 Å². The SMILES string of the molecule is C#C.C#C.CC(C)n1cc(C(=O)N(C)CCCCc2nc3c4cc(F)cc(F)c4nc(N)n3n2)cn1. The number of unbranched alkanes of at least 4 members (excludes halogenated alkanes) is 1. The largest absolute Gasteiger partial charge is 0.368 e. The molecule has 0 radical (unpaired) electrons. The molecule has 0 saturated carbocycles. The number of aromatic nitrogens is 6. The summed E-state index contributed by atoms with van der Waals surface area (Å²) >= 11 is 0. The van der Waals surface area contributed by atoms with Crippen LogP contribution >= 0.6 is 0 Å². The third-order valence-electron chi connectivity index (χ3n) is 5.23. The maximum atomic E-state index is 14.1. The monoisotopic (exact) mass is 494 g/mol. The highest BCUT2D eigenvalue weighted by Crippen LogP contribution is 2.23. The molecule has 3 heterocycles. The van der Waals surface area contributed by atoms with Gasteiger partial charge in [0.2, 0.25) is 5.95 Å². The number of anilines is 1. The zero-order valence-corrected chi connectivity index (χ0v) is 20.4. The standard InChI is InChI=1S/C21H24F2N8O.2C2H2/c1-12(2)30-11-13(10-25-30)20(32)29(3)7-5-4-6-17-26-19-15-8-14(22)9-16(23)18(15)27-21(24)31(19)28-17;2*1-2/h8-12H,4-7H2,1-3H3,(H2,24,27);2*1-2H. The summed E-state index contributed by atoms with van der Waals surface area (Å²) in [6, 6.07) is 2.11. The van der Waals surface area contributed by atoms with Gasteiger partial charge in [-0.05, 0) is 32.8 Å². The maximum absolute atomic E-state index is 14.1. The molecule has 0 aliphatic rings. The van der Waals surface area contributed by atoms with E-state index in [0.29, 0.717) is 30.8 Å². The van der Waals surface area contributed by atoms with Gasteiger partial charge in [0, 0.05) is 38.3 Å². The number of rotatable bonds is 7. The Morgan fingerprint density at radius 1 is 1.14 bits per heavy atom. The van der Waals surface area contributed by atoms with Crippen LogP contribution in [0.5, 0.6) is 0 Å². The summed E-state index contributed by atoms with van der Waals surface area (Å²) in [5.41, 5.74) is 6.65. The van der Waals surface area contributed by atoms with Gasteiger partial charge in [-0.15, -0.1) is 30.8 Å². The molecule has 11 heteroatoms. The smallest absolute Gasteiger partial charge is 0.256 e. The van der Waals surface area contributed by atoms with Crippen molar-refractivity contribution < 1.29 is 13.6 Å². The van der Waals surface area contributed by atoms with Crippen molar-refractivity contribution in [1.29, 1.82) is 0 Å². The number of benzene rings is 1. The number of nitrogens with zero attached hydrogens (tertiary/aromatic N) is 7. The second kappa shape index (κ2) is 12.3. The van der Waals surface area contributed by atoms with Crippen LogP contribution in [0.25, 0.3) is 16.6 Å². The zero-order valence-electron chi connectivity index (χ0n) is 20.4. The fourth-order valence-corrected chi connectivity index (χ4v) is 3.49. The Kier molecular flexibility index (Phi) is 9.45. The number of fused-ring (bicyclic) bond motifs is 3. The zero-order chi connectivity index (χ0) is 27.0. The Morgan fingerprint density at radius 3 is 2.47 bits per heavy atom. The molecular formula is C25H28F2N8O. The number of hydrogen-bond donors (Lipinski definition) is 1. The van der Waals surface area contributed by atoms with Crippen LogP contribution in [-0.2, 0) is 6.42 Å². The molecule has 188 valence electrons. The molecule has 1 aromatic carbocycles. The van der Waals surface area contributed by atoms with E-state index in [0.717, 1.165) is 12.5 Å². The number of hydrogen-bond acceptors (Lipinski definition) is 6. The molecule has 0 atom stereocenters. The molecule has 0 aliphatic heterocycles. The number of carbonyl (C=O) groups excluding carboxylic acids is 1. The quantitative estimate of drug-likeness (QED) is 0.311. The first-order valence-electron chi connectivity index (χ1n) is 11.0. The van der Waals surface area contributed by atoms with E-state index in [2.05, 4.69) is 45.9 Å². The van der Waals surface area contributed by atoms with Crippen LogP contribution in [0.1, 0.15) is 48.9 Å². The van der Waals surface area contributed by atoms with Gasteiger partial charge < -0.3 is 10.6 Å². The summed E-state index contributed by atoms with van der Waals surface area (Å²) in [4.78, 5) is 22.6. The van der Waals surface area contributed by atoms with E-state index in [9.17, 15) is 13.6 Å². The van der Waals surface area contributed by atoms with Gasteiger partial charge in [-0.1, -0.05) is 0 Å². The second-order valence-electron chi connectivity index (χ2n) is 8.00. The van der Waals surface area contributed by atoms with Gasteiger partial charge in [0.15, 0.2) is 17.3 Å². The van der Waals surface area contributed by atoms with Crippen molar-refractivity contribution in [2.24, 2.45) is 0 Å². The molecule has 2 N–H and O–H groups in total. The number of amides is 1. The Labute approximate surface area is 208 Å². The minimum absolute atomic E-state index is 0.0240. The molecule has 9 nitrogen and oxygen atoms in total. The summed E-state index contributed by atoms with van der Waals surface area (Å²) in [6.45, 7) is 4.55. The van der Waals surface area contributed by atoms with E-state index < -0.39 is 11.6 Å². The van der Waals surface area contributed by atoms with Crippen LogP contribution in [-0.4, -0.2) is 53.8 Å². The predicted octanol–water partition coefficient (Wildman–Crippen LogP) is 3.51. The van der Waals surface area contributed by atoms with Crippen molar-refractivity contribution >= 4 is 28.4 Å².